The van der Waals surface area contributed by atoms with Crippen LogP contribution >= 0.6 is 0 Å². The molecule has 0 bridgehead atoms. The molecule has 1 fully saturated rings. The van der Waals surface area contributed by atoms with Crippen molar-refractivity contribution in [3.63, 3.8) is 0 Å². The van der Waals surface area contributed by atoms with Crippen molar-refractivity contribution in [3.05, 3.63) is 45.3 Å². The number of benzene rings is 1. The van der Waals surface area contributed by atoms with Crippen LogP contribution < -0.4 is 5.43 Å². The number of carbonyl (C=O) groups is 1. The Morgan fingerprint density at radius 2 is 2.00 bits per heavy atom. The van der Waals surface area contributed by atoms with Gasteiger partial charge in [-0.1, -0.05) is 18.9 Å². The minimum absolute atomic E-state index is 0.0545. The Bertz CT molecular complexity index is 736. The largest absolute Gasteiger partial charge is 0.478 e. The molecule has 1 aliphatic rings. The Labute approximate surface area is 116 Å². The SMILES string of the molecule is Cc1c(C2CCCC2)oc2c(C(=O)O)cccc2c1=O. The molecule has 3 rings (SSSR count). The highest BCUT2D eigenvalue weighted by molar-refractivity contribution is 6.00. The van der Waals surface area contributed by atoms with Crippen molar-refractivity contribution >= 4 is 16.9 Å². The lowest BCUT2D eigenvalue weighted by Gasteiger charge is -2.13. The highest BCUT2D eigenvalue weighted by Gasteiger charge is 2.24. The number of rotatable bonds is 2. The van der Waals surface area contributed by atoms with Crippen LogP contribution in [0.15, 0.2) is 27.4 Å². The van der Waals surface area contributed by atoms with E-state index in [-0.39, 0.29) is 22.5 Å². The van der Waals surface area contributed by atoms with E-state index in [0.29, 0.717) is 16.7 Å². The molecule has 0 radical (unpaired) electrons. The first-order valence-corrected chi connectivity index (χ1v) is 6.89. The first-order chi connectivity index (χ1) is 9.59. The summed E-state index contributed by atoms with van der Waals surface area (Å²) in [7, 11) is 0. The Balaban J connectivity index is 2.32. The molecule has 0 amide bonds. The van der Waals surface area contributed by atoms with Gasteiger partial charge in [0.15, 0.2) is 11.0 Å². The molecule has 0 aliphatic heterocycles. The molecule has 2 aromatic rings. The number of hydrogen-bond donors (Lipinski definition) is 1. The van der Waals surface area contributed by atoms with Crippen LogP contribution in [0.5, 0.6) is 0 Å². The van der Waals surface area contributed by atoms with E-state index in [0.717, 1.165) is 25.7 Å². The summed E-state index contributed by atoms with van der Waals surface area (Å²) in [5.74, 6) is -0.150. The molecule has 20 heavy (non-hydrogen) atoms. The van der Waals surface area contributed by atoms with Gasteiger partial charge in [0, 0.05) is 11.5 Å². The second-order valence-electron chi connectivity index (χ2n) is 5.39. The minimum atomic E-state index is -1.07. The van der Waals surface area contributed by atoms with Gasteiger partial charge < -0.3 is 9.52 Å². The second kappa shape index (κ2) is 4.78. The zero-order valence-corrected chi connectivity index (χ0v) is 11.3. The summed E-state index contributed by atoms with van der Waals surface area (Å²) in [6, 6.07) is 4.68. The molecule has 1 N–H and O–H groups in total. The topological polar surface area (TPSA) is 67.5 Å². The standard InChI is InChI=1S/C16H16O4/c1-9-13(17)11-7-4-8-12(16(18)19)15(11)20-14(9)10-5-2-3-6-10/h4,7-8,10H,2-3,5-6H2,1H3,(H,18,19). The van der Waals surface area contributed by atoms with Gasteiger partial charge in [-0.3, -0.25) is 4.79 Å². The van der Waals surface area contributed by atoms with Crippen molar-refractivity contribution in [2.45, 2.75) is 38.5 Å². The monoisotopic (exact) mass is 272 g/mol. The molecule has 104 valence electrons. The first-order valence-electron chi connectivity index (χ1n) is 6.89. The van der Waals surface area contributed by atoms with Crippen LogP contribution in [0.1, 0.15) is 53.3 Å². The molecule has 0 unspecified atom stereocenters. The smallest absolute Gasteiger partial charge is 0.339 e. The highest BCUT2D eigenvalue weighted by atomic mass is 16.4. The maximum absolute atomic E-state index is 12.4. The summed E-state index contributed by atoms with van der Waals surface area (Å²) >= 11 is 0. The summed E-state index contributed by atoms with van der Waals surface area (Å²) < 4.78 is 5.87. The van der Waals surface area contributed by atoms with E-state index in [1.165, 1.54) is 6.07 Å². The van der Waals surface area contributed by atoms with E-state index in [1.807, 2.05) is 0 Å². The fraction of sp³-hybridized carbons (Fsp3) is 0.375. The zero-order valence-electron chi connectivity index (χ0n) is 11.3. The van der Waals surface area contributed by atoms with Gasteiger partial charge in [-0.25, -0.2) is 4.79 Å². The van der Waals surface area contributed by atoms with Crippen molar-refractivity contribution in [3.8, 4) is 0 Å². The van der Waals surface area contributed by atoms with Crippen molar-refractivity contribution in [1.29, 1.82) is 0 Å². The van der Waals surface area contributed by atoms with Gasteiger partial charge in [0.2, 0.25) is 0 Å². The van der Waals surface area contributed by atoms with Crippen molar-refractivity contribution in [1.82, 2.24) is 0 Å². The normalized spacial score (nSPS) is 15.8. The van der Waals surface area contributed by atoms with Crippen molar-refractivity contribution in [2.75, 3.05) is 0 Å². The van der Waals surface area contributed by atoms with Crippen LogP contribution in [-0.2, 0) is 0 Å². The third kappa shape index (κ3) is 1.92. The fourth-order valence-corrected chi connectivity index (χ4v) is 3.07. The van der Waals surface area contributed by atoms with E-state index in [4.69, 9.17) is 4.42 Å². The van der Waals surface area contributed by atoms with Gasteiger partial charge in [0.25, 0.3) is 0 Å². The third-order valence-electron chi connectivity index (χ3n) is 4.14. The lowest BCUT2D eigenvalue weighted by atomic mass is 9.99. The van der Waals surface area contributed by atoms with Crippen LogP contribution in [0.25, 0.3) is 11.0 Å². The number of carboxylic acids is 1. The third-order valence-corrected chi connectivity index (χ3v) is 4.14. The van der Waals surface area contributed by atoms with Gasteiger partial charge in [-0.05, 0) is 31.9 Å². The number of para-hydroxylation sites is 1. The lowest BCUT2D eigenvalue weighted by Crippen LogP contribution is -2.12. The highest BCUT2D eigenvalue weighted by Crippen LogP contribution is 2.36. The van der Waals surface area contributed by atoms with Crippen molar-refractivity contribution < 1.29 is 14.3 Å². The second-order valence-corrected chi connectivity index (χ2v) is 5.39. The summed E-state index contributed by atoms with van der Waals surface area (Å²) in [5.41, 5.74) is 0.763. The van der Waals surface area contributed by atoms with Crippen LogP contribution in [-0.4, -0.2) is 11.1 Å². The molecule has 4 nitrogen and oxygen atoms in total. The summed E-state index contributed by atoms with van der Waals surface area (Å²) in [5, 5.41) is 9.59. The maximum atomic E-state index is 12.4. The quantitative estimate of drug-likeness (QED) is 0.909. The number of carboxylic acid groups (broad SMARTS) is 1. The van der Waals surface area contributed by atoms with Crippen LogP contribution in [0.3, 0.4) is 0 Å². The van der Waals surface area contributed by atoms with Crippen molar-refractivity contribution in [2.24, 2.45) is 0 Å². The van der Waals surface area contributed by atoms with E-state index < -0.39 is 5.97 Å². The minimum Gasteiger partial charge on any atom is -0.478 e. The Hall–Kier alpha value is -2.10. The van der Waals surface area contributed by atoms with Gasteiger partial charge in [0.1, 0.15) is 11.3 Å². The van der Waals surface area contributed by atoms with E-state index in [1.54, 1.807) is 19.1 Å². The zero-order chi connectivity index (χ0) is 14.3. The molecular formula is C16H16O4. The fourth-order valence-electron chi connectivity index (χ4n) is 3.07. The van der Waals surface area contributed by atoms with Crippen LogP contribution in [0, 0.1) is 6.92 Å². The average Bonchev–Trinajstić information content (AvgIpc) is 2.96. The Morgan fingerprint density at radius 3 is 2.65 bits per heavy atom. The molecule has 1 aliphatic carbocycles. The number of hydrogen-bond acceptors (Lipinski definition) is 3. The molecule has 0 saturated heterocycles. The molecule has 1 aromatic carbocycles. The lowest BCUT2D eigenvalue weighted by molar-refractivity contribution is 0.0697. The Kier molecular flexibility index (Phi) is 3.08. The average molecular weight is 272 g/mol. The summed E-state index contributed by atoms with van der Waals surface area (Å²) in [4.78, 5) is 23.7. The summed E-state index contributed by atoms with van der Waals surface area (Å²) in [6.45, 7) is 1.77. The van der Waals surface area contributed by atoms with E-state index >= 15 is 0 Å². The Morgan fingerprint density at radius 1 is 1.30 bits per heavy atom. The molecule has 1 aromatic heterocycles. The molecule has 0 spiro atoms. The van der Waals surface area contributed by atoms with Gasteiger partial charge in [-0.2, -0.15) is 0 Å². The van der Waals surface area contributed by atoms with E-state index in [2.05, 4.69) is 0 Å². The van der Waals surface area contributed by atoms with Gasteiger partial charge in [0.05, 0.1) is 5.39 Å². The molecule has 4 heteroatoms. The van der Waals surface area contributed by atoms with Gasteiger partial charge in [-0.15, -0.1) is 0 Å². The van der Waals surface area contributed by atoms with Gasteiger partial charge >= 0.3 is 5.97 Å². The van der Waals surface area contributed by atoms with Crippen LogP contribution in [0.2, 0.25) is 0 Å². The molecule has 1 heterocycles. The number of aromatic carboxylic acids is 1. The predicted octanol–water partition coefficient (Wildman–Crippen LogP) is 3.46. The van der Waals surface area contributed by atoms with E-state index in [9.17, 15) is 14.7 Å². The maximum Gasteiger partial charge on any atom is 0.339 e. The predicted molar refractivity (Wildman–Crippen MR) is 75.4 cm³/mol. The molecular weight excluding hydrogens is 256 g/mol. The number of fused-ring (bicyclic) bond motifs is 1. The summed E-state index contributed by atoms with van der Waals surface area (Å²) in [6.07, 6.45) is 4.27. The first kappa shape index (κ1) is 12.9. The molecule has 1 saturated carbocycles. The van der Waals surface area contributed by atoms with Crippen LogP contribution in [0.4, 0.5) is 0 Å². The molecule has 0 atom stereocenters.